The fourth-order valence-corrected chi connectivity index (χ4v) is 1.77. The van der Waals surface area contributed by atoms with Crippen LogP contribution in [-0.2, 0) is 6.54 Å². The van der Waals surface area contributed by atoms with Crippen molar-refractivity contribution in [3.63, 3.8) is 0 Å². The van der Waals surface area contributed by atoms with Crippen LogP contribution >= 0.6 is 11.6 Å². The molecular weight excluding hydrogens is 262 g/mol. The Morgan fingerprint density at radius 1 is 1.42 bits per heavy atom. The van der Waals surface area contributed by atoms with Gasteiger partial charge < -0.3 is 15.4 Å². The van der Waals surface area contributed by atoms with Gasteiger partial charge in [0.25, 0.3) is 0 Å². The summed E-state index contributed by atoms with van der Waals surface area (Å²) in [5.41, 5.74) is 1.01. The molecule has 0 aromatic heterocycles. The van der Waals surface area contributed by atoms with Crippen molar-refractivity contribution in [2.45, 2.75) is 33.4 Å². The Kier molecular flexibility index (Phi) is 6.50. The van der Waals surface area contributed by atoms with E-state index in [-0.39, 0.29) is 0 Å². The quantitative estimate of drug-likeness (QED) is 0.645. The van der Waals surface area contributed by atoms with Crippen LogP contribution in [0.25, 0.3) is 0 Å². The van der Waals surface area contributed by atoms with Crippen molar-refractivity contribution in [3.05, 3.63) is 28.8 Å². The fourth-order valence-electron chi connectivity index (χ4n) is 1.61. The van der Waals surface area contributed by atoms with Crippen molar-refractivity contribution >= 4 is 17.6 Å². The van der Waals surface area contributed by atoms with Gasteiger partial charge >= 0.3 is 0 Å². The van der Waals surface area contributed by atoms with Crippen molar-refractivity contribution in [2.24, 2.45) is 4.99 Å². The first kappa shape index (κ1) is 15.6. The number of nitrogens with one attached hydrogen (secondary N) is 2. The zero-order valence-electron chi connectivity index (χ0n) is 12.0. The van der Waals surface area contributed by atoms with Gasteiger partial charge in [0.2, 0.25) is 0 Å². The highest BCUT2D eigenvalue weighted by Crippen LogP contribution is 2.23. The zero-order valence-corrected chi connectivity index (χ0v) is 12.7. The van der Waals surface area contributed by atoms with Crippen molar-refractivity contribution in [2.75, 3.05) is 13.7 Å². The Labute approximate surface area is 120 Å². The standard InChI is InChI=1S/C14H22ClN3O/c1-5-16-14(18-10(2)3)17-9-11-6-7-12(15)8-13(11)19-4/h6-8,10H,5,9H2,1-4H3,(H2,16,17,18). The molecule has 1 aromatic rings. The summed E-state index contributed by atoms with van der Waals surface area (Å²) in [5, 5.41) is 7.14. The predicted molar refractivity (Wildman–Crippen MR) is 81.1 cm³/mol. The van der Waals surface area contributed by atoms with Gasteiger partial charge in [0.05, 0.1) is 13.7 Å². The third-order valence-corrected chi connectivity index (χ3v) is 2.66. The molecule has 19 heavy (non-hydrogen) atoms. The molecule has 0 heterocycles. The number of ether oxygens (including phenoxy) is 1. The lowest BCUT2D eigenvalue weighted by atomic mass is 10.2. The molecule has 0 amide bonds. The molecule has 1 aromatic carbocycles. The van der Waals surface area contributed by atoms with Crippen molar-refractivity contribution < 1.29 is 4.74 Å². The second-order valence-electron chi connectivity index (χ2n) is 4.45. The van der Waals surface area contributed by atoms with Crippen molar-refractivity contribution in [1.82, 2.24) is 10.6 Å². The van der Waals surface area contributed by atoms with E-state index in [1.807, 2.05) is 19.1 Å². The highest BCUT2D eigenvalue weighted by atomic mass is 35.5. The van der Waals surface area contributed by atoms with Crippen LogP contribution < -0.4 is 15.4 Å². The number of aliphatic imine (C=N–C) groups is 1. The topological polar surface area (TPSA) is 45.7 Å². The van der Waals surface area contributed by atoms with Gasteiger partial charge in [-0.05, 0) is 32.9 Å². The van der Waals surface area contributed by atoms with Gasteiger partial charge in [0, 0.05) is 23.2 Å². The number of hydrogen-bond acceptors (Lipinski definition) is 2. The molecule has 0 aliphatic rings. The number of guanidine groups is 1. The summed E-state index contributed by atoms with van der Waals surface area (Å²) >= 11 is 5.94. The van der Waals surface area contributed by atoms with E-state index in [4.69, 9.17) is 16.3 Å². The van der Waals surface area contributed by atoms with Crippen molar-refractivity contribution in [1.29, 1.82) is 0 Å². The van der Waals surface area contributed by atoms with Gasteiger partial charge in [-0.1, -0.05) is 17.7 Å². The van der Waals surface area contributed by atoms with Crippen LogP contribution in [0, 0.1) is 0 Å². The summed E-state index contributed by atoms with van der Waals surface area (Å²) in [6, 6.07) is 5.92. The monoisotopic (exact) mass is 283 g/mol. The molecule has 0 atom stereocenters. The predicted octanol–water partition coefficient (Wildman–Crippen LogP) is 2.81. The molecule has 0 aliphatic heterocycles. The Balaban J connectivity index is 2.81. The Hall–Kier alpha value is -1.42. The molecule has 0 radical (unpaired) electrons. The molecule has 0 bridgehead atoms. The maximum atomic E-state index is 5.94. The Morgan fingerprint density at radius 2 is 2.16 bits per heavy atom. The average molecular weight is 284 g/mol. The molecule has 106 valence electrons. The number of rotatable bonds is 5. The van der Waals surface area contributed by atoms with Crippen LogP contribution in [0.2, 0.25) is 5.02 Å². The first-order valence-corrected chi connectivity index (χ1v) is 6.81. The largest absolute Gasteiger partial charge is 0.496 e. The first-order chi connectivity index (χ1) is 9.06. The lowest BCUT2D eigenvalue weighted by Crippen LogP contribution is -2.41. The van der Waals surface area contributed by atoms with Crippen LogP contribution in [0.3, 0.4) is 0 Å². The number of hydrogen-bond donors (Lipinski definition) is 2. The van der Waals surface area contributed by atoms with E-state index < -0.39 is 0 Å². The van der Waals surface area contributed by atoms with E-state index >= 15 is 0 Å². The minimum absolute atomic E-state index is 0.338. The summed E-state index contributed by atoms with van der Waals surface area (Å²) in [4.78, 5) is 4.53. The molecule has 0 spiro atoms. The smallest absolute Gasteiger partial charge is 0.191 e. The average Bonchev–Trinajstić information content (AvgIpc) is 2.36. The lowest BCUT2D eigenvalue weighted by Gasteiger charge is -2.14. The molecule has 0 unspecified atom stereocenters. The molecule has 1 rings (SSSR count). The zero-order chi connectivity index (χ0) is 14.3. The highest BCUT2D eigenvalue weighted by Gasteiger charge is 2.04. The first-order valence-electron chi connectivity index (χ1n) is 6.44. The van der Waals surface area contributed by atoms with Crippen LogP contribution in [0.1, 0.15) is 26.3 Å². The molecule has 0 saturated heterocycles. The SMILES string of the molecule is CCNC(=NCc1ccc(Cl)cc1OC)NC(C)C. The third kappa shape index (κ3) is 5.39. The van der Waals surface area contributed by atoms with E-state index in [0.29, 0.717) is 17.6 Å². The summed E-state index contributed by atoms with van der Waals surface area (Å²) in [6.07, 6.45) is 0. The molecule has 0 aliphatic carbocycles. The summed E-state index contributed by atoms with van der Waals surface area (Å²) < 4.78 is 5.30. The van der Waals surface area contributed by atoms with E-state index in [1.165, 1.54) is 0 Å². The Morgan fingerprint density at radius 3 is 2.74 bits per heavy atom. The van der Waals surface area contributed by atoms with Crippen molar-refractivity contribution in [3.8, 4) is 5.75 Å². The number of methoxy groups -OCH3 is 1. The highest BCUT2D eigenvalue weighted by molar-refractivity contribution is 6.30. The number of benzene rings is 1. The normalized spacial score (nSPS) is 11.6. The van der Waals surface area contributed by atoms with Gasteiger partial charge in [0.1, 0.15) is 5.75 Å². The summed E-state index contributed by atoms with van der Waals surface area (Å²) in [6.45, 7) is 7.57. The molecule has 4 nitrogen and oxygen atoms in total. The van der Waals surface area contributed by atoms with E-state index in [2.05, 4.69) is 29.5 Å². The van der Waals surface area contributed by atoms with Gasteiger partial charge in [0.15, 0.2) is 5.96 Å². The van der Waals surface area contributed by atoms with E-state index in [9.17, 15) is 0 Å². The van der Waals surface area contributed by atoms with Gasteiger partial charge in [-0.3, -0.25) is 0 Å². The third-order valence-electron chi connectivity index (χ3n) is 2.43. The lowest BCUT2D eigenvalue weighted by molar-refractivity contribution is 0.410. The summed E-state index contributed by atoms with van der Waals surface area (Å²) in [7, 11) is 1.64. The number of nitrogens with zero attached hydrogens (tertiary/aromatic N) is 1. The molecular formula is C14H22ClN3O. The molecule has 0 saturated carbocycles. The maximum Gasteiger partial charge on any atom is 0.191 e. The van der Waals surface area contributed by atoms with E-state index in [0.717, 1.165) is 23.8 Å². The van der Waals surface area contributed by atoms with Crippen LogP contribution in [0.5, 0.6) is 5.75 Å². The molecule has 2 N–H and O–H groups in total. The van der Waals surface area contributed by atoms with Crippen LogP contribution in [0.4, 0.5) is 0 Å². The minimum Gasteiger partial charge on any atom is -0.496 e. The maximum absolute atomic E-state index is 5.94. The Bertz CT molecular complexity index is 433. The molecule has 5 heteroatoms. The van der Waals surface area contributed by atoms with Gasteiger partial charge in [-0.2, -0.15) is 0 Å². The molecule has 0 fully saturated rings. The van der Waals surface area contributed by atoms with Crippen LogP contribution in [-0.4, -0.2) is 25.7 Å². The van der Waals surface area contributed by atoms with E-state index in [1.54, 1.807) is 13.2 Å². The summed E-state index contributed by atoms with van der Waals surface area (Å²) in [5.74, 6) is 1.56. The fraction of sp³-hybridized carbons (Fsp3) is 0.500. The van der Waals surface area contributed by atoms with Gasteiger partial charge in [-0.25, -0.2) is 4.99 Å². The van der Waals surface area contributed by atoms with Gasteiger partial charge in [-0.15, -0.1) is 0 Å². The second kappa shape index (κ2) is 7.89. The van der Waals surface area contributed by atoms with Crippen LogP contribution in [0.15, 0.2) is 23.2 Å². The second-order valence-corrected chi connectivity index (χ2v) is 4.89. The minimum atomic E-state index is 0.338. The number of halogens is 1.